The fraction of sp³-hybridized carbons (Fsp3) is 0.263. The van der Waals surface area contributed by atoms with Gasteiger partial charge in [-0.2, -0.15) is 0 Å². The van der Waals surface area contributed by atoms with Crippen molar-refractivity contribution in [3.63, 3.8) is 0 Å². The molecule has 1 N–H and O–H groups in total. The highest BCUT2D eigenvalue weighted by atomic mass is 32.1. The van der Waals surface area contributed by atoms with Gasteiger partial charge in [0.05, 0.1) is 0 Å². The van der Waals surface area contributed by atoms with Gasteiger partial charge in [0.25, 0.3) is 5.91 Å². The van der Waals surface area contributed by atoms with Crippen molar-refractivity contribution in [1.29, 1.82) is 0 Å². The minimum Gasteiger partial charge on any atom is -0.382 e. The summed E-state index contributed by atoms with van der Waals surface area (Å²) in [5.41, 5.74) is 0.995. The number of nitrogens with one attached hydrogen (secondary N) is 1. The van der Waals surface area contributed by atoms with E-state index in [1.807, 2.05) is 19.1 Å². The minimum atomic E-state index is -0.259. The molecule has 0 aliphatic carbocycles. The molecule has 7 heteroatoms. The zero-order chi connectivity index (χ0) is 18.5. The lowest BCUT2D eigenvalue weighted by atomic mass is 10.2. The zero-order valence-electron chi connectivity index (χ0n) is 14.3. The number of hydrogen-bond donors (Lipinski definition) is 1. The molecule has 1 aliphatic rings. The number of thiocarbonyl (C=S) groups is 1. The van der Waals surface area contributed by atoms with Crippen LogP contribution in [0, 0.1) is 5.82 Å². The van der Waals surface area contributed by atoms with Gasteiger partial charge in [-0.25, -0.2) is 4.39 Å². The molecule has 0 radical (unpaired) electrons. The molecule has 26 heavy (non-hydrogen) atoms. The predicted octanol–water partition coefficient (Wildman–Crippen LogP) is 4.04. The molecular formula is C19H19FN2O2S2. The van der Waals surface area contributed by atoms with Gasteiger partial charge in [-0.05, 0) is 49.8 Å². The van der Waals surface area contributed by atoms with Gasteiger partial charge in [-0.1, -0.05) is 18.2 Å². The standard InChI is InChI=1S/C19H19FN2O2S2/c1-2-24-11-5-10-22-18(23)16(21-19(22)25)12-13-8-9-17(26-13)14-6-3-4-7-15(14)20/h3-4,6-9,12H,2,5,10-11H2,1H3,(H,21,25)/b16-12-. The quantitative estimate of drug-likeness (QED) is 0.440. The van der Waals surface area contributed by atoms with Gasteiger partial charge < -0.3 is 10.1 Å². The molecule has 1 fully saturated rings. The molecule has 0 atom stereocenters. The number of carbonyl (C=O) groups excluding carboxylic acids is 1. The summed E-state index contributed by atoms with van der Waals surface area (Å²) in [7, 11) is 0. The van der Waals surface area contributed by atoms with Crippen LogP contribution < -0.4 is 5.32 Å². The Hall–Kier alpha value is -2.09. The Kier molecular flexibility index (Phi) is 6.13. The smallest absolute Gasteiger partial charge is 0.276 e. The lowest BCUT2D eigenvalue weighted by Crippen LogP contribution is -2.32. The summed E-state index contributed by atoms with van der Waals surface area (Å²) in [5.74, 6) is -0.405. The van der Waals surface area contributed by atoms with E-state index in [0.29, 0.717) is 36.1 Å². The first-order chi connectivity index (χ1) is 12.6. The van der Waals surface area contributed by atoms with Crippen LogP contribution in [0.5, 0.6) is 0 Å². The summed E-state index contributed by atoms with van der Waals surface area (Å²) < 4.78 is 19.2. The topological polar surface area (TPSA) is 41.6 Å². The van der Waals surface area contributed by atoms with Gasteiger partial charge in [0.2, 0.25) is 0 Å². The first kappa shape index (κ1) is 18.7. The van der Waals surface area contributed by atoms with Gasteiger partial charge in [-0.3, -0.25) is 9.69 Å². The second-order valence-electron chi connectivity index (χ2n) is 5.68. The summed E-state index contributed by atoms with van der Waals surface area (Å²) in [6.45, 7) is 3.71. The van der Waals surface area contributed by atoms with E-state index in [0.717, 1.165) is 16.2 Å². The van der Waals surface area contributed by atoms with Gasteiger partial charge in [0.15, 0.2) is 5.11 Å². The van der Waals surface area contributed by atoms with Crippen LogP contribution in [-0.2, 0) is 9.53 Å². The molecule has 2 aromatic rings. The highest BCUT2D eigenvalue weighted by Gasteiger charge is 2.30. The number of amides is 1. The average molecular weight is 391 g/mol. The van der Waals surface area contributed by atoms with Crippen molar-refractivity contribution in [3.8, 4) is 10.4 Å². The van der Waals surface area contributed by atoms with Crippen molar-refractivity contribution in [1.82, 2.24) is 10.2 Å². The molecular weight excluding hydrogens is 371 g/mol. The largest absolute Gasteiger partial charge is 0.382 e. The summed E-state index contributed by atoms with van der Waals surface area (Å²) in [5, 5.41) is 3.37. The molecule has 3 rings (SSSR count). The highest BCUT2D eigenvalue weighted by molar-refractivity contribution is 7.80. The van der Waals surface area contributed by atoms with Crippen LogP contribution in [0.4, 0.5) is 4.39 Å². The monoisotopic (exact) mass is 390 g/mol. The third kappa shape index (κ3) is 4.17. The van der Waals surface area contributed by atoms with Crippen LogP contribution in [0.15, 0.2) is 42.1 Å². The van der Waals surface area contributed by atoms with Crippen LogP contribution in [0.25, 0.3) is 16.5 Å². The van der Waals surface area contributed by atoms with E-state index in [2.05, 4.69) is 5.32 Å². The number of halogens is 1. The Balaban J connectivity index is 1.72. The molecule has 2 heterocycles. The predicted molar refractivity (Wildman–Crippen MR) is 106 cm³/mol. The number of ether oxygens (including phenoxy) is 1. The molecule has 1 aromatic carbocycles. The fourth-order valence-electron chi connectivity index (χ4n) is 2.62. The zero-order valence-corrected chi connectivity index (χ0v) is 16.0. The minimum absolute atomic E-state index is 0.146. The van der Waals surface area contributed by atoms with Gasteiger partial charge in [-0.15, -0.1) is 11.3 Å². The number of hydrogen-bond acceptors (Lipinski definition) is 4. The first-order valence-corrected chi connectivity index (χ1v) is 9.59. The number of thiophene rings is 1. The van der Waals surface area contributed by atoms with E-state index in [4.69, 9.17) is 17.0 Å². The summed E-state index contributed by atoms with van der Waals surface area (Å²) >= 11 is 6.68. The van der Waals surface area contributed by atoms with E-state index in [-0.39, 0.29) is 11.7 Å². The maximum atomic E-state index is 13.9. The summed E-state index contributed by atoms with van der Waals surface area (Å²) in [6, 6.07) is 10.4. The molecule has 1 amide bonds. The van der Waals surface area contributed by atoms with E-state index >= 15 is 0 Å². The molecule has 136 valence electrons. The molecule has 1 aliphatic heterocycles. The Morgan fingerprint density at radius 3 is 2.88 bits per heavy atom. The molecule has 1 aromatic heterocycles. The van der Waals surface area contributed by atoms with Crippen LogP contribution in [0.1, 0.15) is 18.2 Å². The summed E-state index contributed by atoms with van der Waals surface area (Å²) in [6.07, 6.45) is 2.48. The maximum Gasteiger partial charge on any atom is 0.276 e. The lowest BCUT2D eigenvalue weighted by molar-refractivity contribution is -0.122. The second-order valence-corrected chi connectivity index (χ2v) is 7.18. The van der Waals surface area contributed by atoms with Crippen LogP contribution >= 0.6 is 23.6 Å². The van der Waals surface area contributed by atoms with Crippen molar-refractivity contribution < 1.29 is 13.9 Å². The fourth-order valence-corrected chi connectivity index (χ4v) is 3.88. The number of benzene rings is 1. The van der Waals surface area contributed by atoms with Crippen LogP contribution in [0.3, 0.4) is 0 Å². The van der Waals surface area contributed by atoms with E-state index in [1.165, 1.54) is 17.4 Å². The van der Waals surface area contributed by atoms with Gasteiger partial charge >= 0.3 is 0 Å². The van der Waals surface area contributed by atoms with E-state index in [1.54, 1.807) is 29.2 Å². The normalized spacial score (nSPS) is 15.8. The Morgan fingerprint density at radius 2 is 2.12 bits per heavy atom. The molecule has 1 saturated heterocycles. The number of nitrogens with zero attached hydrogens (tertiary/aromatic N) is 1. The highest BCUT2D eigenvalue weighted by Crippen LogP contribution is 2.31. The molecule has 0 saturated carbocycles. The number of carbonyl (C=O) groups is 1. The van der Waals surface area contributed by atoms with Crippen molar-refractivity contribution >= 4 is 40.7 Å². The van der Waals surface area contributed by atoms with Crippen molar-refractivity contribution in [3.05, 3.63) is 52.8 Å². The van der Waals surface area contributed by atoms with Crippen LogP contribution in [0.2, 0.25) is 0 Å². The third-order valence-electron chi connectivity index (χ3n) is 3.89. The van der Waals surface area contributed by atoms with Crippen molar-refractivity contribution in [2.24, 2.45) is 0 Å². The van der Waals surface area contributed by atoms with Crippen molar-refractivity contribution in [2.45, 2.75) is 13.3 Å². The molecule has 0 spiro atoms. The van der Waals surface area contributed by atoms with Gasteiger partial charge in [0, 0.05) is 35.1 Å². The molecule has 4 nitrogen and oxygen atoms in total. The van der Waals surface area contributed by atoms with Crippen molar-refractivity contribution in [2.75, 3.05) is 19.8 Å². The second kappa shape index (κ2) is 8.53. The first-order valence-electron chi connectivity index (χ1n) is 8.37. The lowest BCUT2D eigenvalue weighted by Gasteiger charge is -2.13. The average Bonchev–Trinajstić information content (AvgIpc) is 3.19. The molecule has 0 bridgehead atoms. The molecule has 0 unspecified atom stereocenters. The maximum absolute atomic E-state index is 13.9. The Labute approximate surface area is 161 Å². The van der Waals surface area contributed by atoms with E-state index in [9.17, 15) is 9.18 Å². The SMILES string of the molecule is CCOCCCN1C(=O)/C(=C/c2ccc(-c3ccccc3F)s2)NC1=S. The number of rotatable bonds is 7. The summed E-state index contributed by atoms with van der Waals surface area (Å²) in [4.78, 5) is 15.7. The Morgan fingerprint density at radius 1 is 1.31 bits per heavy atom. The Bertz CT molecular complexity index is 848. The van der Waals surface area contributed by atoms with Crippen LogP contribution in [-0.4, -0.2) is 35.7 Å². The third-order valence-corrected chi connectivity index (χ3v) is 5.28. The van der Waals surface area contributed by atoms with Gasteiger partial charge in [0.1, 0.15) is 11.5 Å². The van der Waals surface area contributed by atoms with E-state index < -0.39 is 0 Å².